The van der Waals surface area contributed by atoms with Crippen LogP contribution < -0.4 is 11.0 Å². The molecule has 0 fully saturated rings. The van der Waals surface area contributed by atoms with Gasteiger partial charge in [0.05, 0.1) is 6.33 Å². The summed E-state index contributed by atoms with van der Waals surface area (Å²) in [7, 11) is 0. The summed E-state index contributed by atoms with van der Waals surface area (Å²) in [5.74, 6) is 0.371. The van der Waals surface area contributed by atoms with E-state index in [1.165, 1.54) is 4.68 Å². The average molecular weight is 354 g/mol. The minimum absolute atomic E-state index is 0.0824. The minimum Gasteiger partial charge on any atom is -0.354 e. The molecular weight excluding hydrogens is 332 g/mol. The van der Waals surface area contributed by atoms with Crippen LogP contribution in [0.3, 0.4) is 0 Å². The van der Waals surface area contributed by atoms with Crippen molar-refractivity contribution in [3.05, 3.63) is 70.4 Å². The number of H-pyrrole nitrogens is 1. The quantitative estimate of drug-likeness (QED) is 0.621. The van der Waals surface area contributed by atoms with Gasteiger partial charge in [0.2, 0.25) is 5.91 Å². The zero-order chi connectivity index (χ0) is 18.4. The molecule has 0 saturated carbocycles. The Morgan fingerprint density at radius 3 is 2.77 bits per heavy atom. The van der Waals surface area contributed by atoms with E-state index in [4.69, 9.17) is 0 Å². The number of aromatic nitrogens is 5. The molecule has 0 aliphatic heterocycles. The van der Waals surface area contributed by atoms with E-state index in [2.05, 4.69) is 20.4 Å². The standard InChI is InChI=1S/C18H22N6O2/c1-14-22-24(12-17(25)20-9-7-16-11-19-13-21-16)18(26)23(14)10-8-15-5-3-2-4-6-15/h2-6,11,13H,7-10,12H2,1H3,(H,19,21)(H,20,25). The summed E-state index contributed by atoms with van der Waals surface area (Å²) in [6, 6.07) is 9.96. The highest BCUT2D eigenvalue weighted by Crippen LogP contribution is 2.02. The van der Waals surface area contributed by atoms with Crippen molar-refractivity contribution in [2.24, 2.45) is 0 Å². The molecular formula is C18H22N6O2. The van der Waals surface area contributed by atoms with Crippen molar-refractivity contribution in [1.82, 2.24) is 29.6 Å². The monoisotopic (exact) mass is 354 g/mol. The zero-order valence-electron chi connectivity index (χ0n) is 14.7. The van der Waals surface area contributed by atoms with Gasteiger partial charge in [-0.05, 0) is 18.9 Å². The highest BCUT2D eigenvalue weighted by Gasteiger charge is 2.12. The van der Waals surface area contributed by atoms with Crippen molar-refractivity contribution < 1.29 is 4.79 Å². The van der Waals surface area contributed by atoms with E-state index in [0.717, 1.165) is 17.7 Å². The third kappa shape index (κ3) is 4.47. The van der Waals surface area contributed by atoms with Crippen molar-refractivity contribution in [3.63, 3.8) is 0 Å². The molecule has 2 N–H and O–H groups in total. The summed E-state index contributed by atoms with van der Waals surface area (Å²) >= 11 is 0. The molecule has 1 aromatic carbocycles. The number of carbonyl (C=O) groups excluding carboxylic acids is 1. The second kappa shape index (κ2) is 8.28. The van der Waals surface area contributed by atoms with Gasteiger partial charge >= 0.3 is 5.69 Å². The Kier molecular flexibility index (Phi) is 5.62. The maximum atomic E-state index is 12.5. The van der Waals surface area contributed by atoms with Gasteiger partial charge in [0.25, 0.3) is 0 Å². The van der Waals surface area contributed by atoms with Gasteiger partial charge in [0, 0.05) is 31.4 Å². The number of nitrogens with one attached hydrogen (secondary N) is 2. The maximum Gasteiger partial charge on any atom is 0.346 e. The van der Waals surface area contributed by atoms with Gasteiger partial charge in [-0.2, -0.15) is 5.10 Å². The summed E-state index contributed by atoms with van der Waals surface area (Å²) in [5.41, 5.74) is 1.84. The van der Waals surface area contributed by atoms with E-state index in [1.54, 1.807) is 24.0 Å². The predicted molar refractivity (Wildman–Crippen MR) is 96.7 cm³/mol. The highest BCUT2D eigenvalue weighted by molar-refractivity contribution is 5.75. The first-order chi connectivity index (χ1) is 12.6. The van der Waals surface area contributed by atoms with Gasteiger partial charge in [0.15, 0.2) is 0 Å². The Balaban J connectivity index is 1.55. The molecule has 0 atom stereocenters. The molecule has 0 saturated heterocycles. The lowest BCUT2D eigenvalue weighted by Crippen LogP contribution is -2.34. The molecule has 2 heterocycles. The van der Waals surface area contributed by atoms with E-state index < -0.39 is 0 Å². The summed E-state index contributed by atoms with van der Waals surface area (Å²) in [4.78, 5) is 31.4. The number of rotatable bonds is 8. The van der Waals surface area contributed by atoms with Crippen LogP contribution in [0.2, 0.25) is 0 Å². The summed E-state index contributed by atoms with van der Waals surface area (Å²) in [5, 5.41) is 7.00. The molecule has 2 aromatic heterocycles. The van der Waals surface area contributed by atoms with E-state index in [1.807, 2.05) is 30.3 Å². The fourth-order valence-electron chi connectivity index (χ4n) is 2.75. The van der Waals surface area contributed by atoms with E-state index in [9.17, 15) is 9.59 Å². The van der Waals surface area contributed by atoms with Crippen LogP contribution in [0.25, 0.3) is 0 Å². The number of aromatic amines is 1. The lowest BCUT2D eigenvalue weighted by molar-refractivity contribution is -0.121. The second-order valence-corrected chi connectivity index (χ2v) is 6.05. The molecule has 0 bridgehead atoms. The molecule has 0 unspecified atom stereocenters. The van der Waals surface area contributed by atoms with Gasteiger partial charge in [-0.25, -0.2) is 14.5 Å². The molecule has 3 rings (SSSR count). The Labute approximate surface area is 150 Å². The van der Waals surface area contributed by atoms with Crippen LogP contribution in [0.1, 0.15) is 17.1 Å². The van der Waals surface area contributed by atoms with Gasteiger partial charge in [0.1, 0.15) is 12.4 Å². The Bertz CT molecular complexity index is 896. The summed E-state index contributed by atoms with van der Waals surface area (Å²) < 4.78 is 2.82. The molecule has 8 heteroatoms. The van der Waals surface area contributed by atoms with Gasteiger partial charge in [-0.3, -0.25) is 9.36 Å². The molecule has 0 spiro atoms. The van der Waals surface area contributed by atoms with Crippen LogP contribution in [-0.2, 0) is 30.7 Å². The molecule has 0 aliphatic carbocycles. The van der Waals surface area contributed by atoms with Crippen molar-refractivity contribution in [1.29, 1.82) is 0 Å². The number of nitrogens with zero attached hydrogens (tertiary/aromatic N) is 4. The third-order valence-corrected chi connectivity index (χ3v) is 4.14. The normalized spacial score (nSPS) is 10.8. The number of hydrogen-bond acceptors (Lipinski definition) is 4. The SMILES string of the molecule is Cc1nn(CC(=O)NCCc2cnc[nH]2)c(=O)n1CCc1ccccc1. The average Bonchev–Trinajstić information content (AvgIpc) is 3.23. The van der Waals surface area contributed by atoms with Crippen molar-refractivity contribution in [2.75, 3.05) is 6.54 Å². The smallest absolute Gasteiger partial charge is 0.346 e. The van der Waals surface area contributed by atoms with Crippen LogP contribution in [0, 0.1) is 6.92 Å². The van der Waals surface area contributed by atoms with Crippen molar-refractivity contribution in [2.45, 2.75) is 32.9 Å². The first kappa shape index (κ1) is 17.7. The number of benzene rings is 1. The molecule has 0 radical (unpaired) electrons. The van der Waals surface area contributed by atoms with Crippen LogP contribution in [0.4, 0.5) is 0 Å². The number of aryl methyl sites for hydroxylation is 2. The molecule has 26 heavy (non-hydrogen) atoms. The molecule has 8 nitrogen and oxygen atoms in total. The fourth-order valence-corrected chi connectivity index (χ4v) is 2.75. The van der Waals surface area contributed by atoms with Crippen LogP contribution in [0.5, 0.6) is 0 Å². The maximum absolute atomic E-state index is 12.5. The highest BCUT2D eigenvalue weighted by atomic mass is 16.2. The van der Waals surface area contributed by atoms with Gasteiger partial charge in [-0.1, -0.05) is 30.3 Å². The number of amides is 1. The molecule has 0 aliphatic rings. The lowest BCUT2D eigenvalue weighted by atomic mass is 10.1. The van der Waals surface area contributed by atoms with Crippen molar-refractivity contribution >= 4 is 5.91 Å². The van der Waals surface area contributed by atoms with Crippen LogP contribution >= 0.6 is 0 Å². The number of imidazole rings is 1. The first-order valence-corrected chi connectivity index (χ1v) is 8.55. The Morgan fingerprint density at radius 1 is 1.23 bits per heavy atom. The number of hydrogen-bond donors (Lipinski definition) is 2. The topological polar surface area (TPSA) is 97.6 Å². The minimum atomic E-state index is -0.262. The fraction of sp³-hybridized carbons (Fsp3) is 0.333. The molecule has 136 valence electrons. The largest absolute Gasteiger partial charge is 0.354 e. The molecule has 3 aromatic rings. The second-order valence-electron chi connectivity index (χ2n) is 6.05. The van der Waals surface area contributed by atoms with E-state index in [-0.39, 0.29) is 18.1 Å². The van der Waals surface area contributed by atoms with Crippen molar-refractivity contribution in [3.8, 4) is 0 Å². The zero-order valence-corrected chi connectivity index (χ0v) is 14.7. The van der Waals surface area contributed by atoms with E-state index >= 15 is 0 Å². The first-order valence-electron chi connectivity index (χ1n) is 8.55. The summed E-state index contributed by atoms with van der Waals surface area (Å²) in [6.45, 7) is 2.71. The van der Waals surface area contributed by atoms with Crippen LogP contribution in [-0.4, -0.2) is 36.8 Å². The van der Waals surface area contributed by atoms with Gasteiger partial charge < -0.3 is 10.3 Å². The van der Waals surface area contributed by atoms with Crippen LogP contribution in [0.15, 0.2) is 47.7 Å². The Morgan fingerprint density at radius 2 is 2.04 bits per heavy atom. The lowest BCUT2D eigenvalue weighted by Gasteiger charge is -2.04. The molecule has 1 amide bonds. The van der Waals surface area contributed by atoms with E-state index in [0.29, 0.717) is 25.3 Å². The summed E-state index contributed by atoms with van der Waals surface area (Å²) in [6.07, 6.45) is 4.71. The number of carbonyl (C=O) groups is 1. The Hall–Kier alpha value is -3.16. The third-order valence-electron chi connectivity index (χ3n) is 4.14. The van der Waals surface area contributed by atoms with Gasteiger partial charge in [-0.15, -0.1) is 0 Å². The predicted octanol–water partition coefficient (Wildman–Crippen LogP) is 0.678.